The summed E-state index contributed by atoms with van der Waals surface area (Å²) in [5.74, 6) is 0.194. The molecule has 4 aromatic rings. The molecule has 2 atom stereocenters. The Morgan fingerprint density at radius 2 is 1.87 bits per heavy atom. The third-order valence-corrected chi connectivity index (χ3v) is 11.2. The van der Waals surface area contributed by atoms with Crippen LogP contribution in [-0.4, -0.2) is 68.9 Å². The monoisotopic (exact) mass is 672 g/mol. The maximum absolute atomic E-state index is 15.4. The van der Waals surface area contributed by atoms with Crippen LogP contribution in [0.3, 0.4) is 0 Å². The molecule has 0 saturated carbocycles. The fourth-order valence-electron chi connectivity index (χ4n) is 7.17. The van der Waals surface area contributed by atoms with Crippen molar-refractivity contribution in [3.8, 4) is 11.8 Å². The van der Waals surface area contributed by atoms with Gasteiger partial charge in [0.15, 0.2) is 5.54 Å². The highest BCUT2D eigenvalue weighted by Crippen LogP contribution is 2.56. The normalized spacial score (nSPS) is 21.9. The van der Waals surface area contributed by atoms with Gasteiger partial charge in [-0.15, -0.1) is 0 Å². The van der Waals surface area contributed by atoms with Crippen LogP contribution in [-0.2, 0) is 26.9 Å². The Bertz CT molecular complexity index is 1960. The lowest BCUT2D eigenvalue weighted by molar-refractivity contribution is -0.127. The third kappa shape index (κ3) is 5.19. The number of sulfonamides is 1. The van der Waals surface area contributed by atoms with E-state index in [2.05, 4.69) is 15.2 Å². The van der Waals surface area contributed by atoms with Crippen molar-refractivity contribution in [2.45, 2.75) is 35.9 Å². The molecule has 1 unspecified atom stereocenters. The topological polar surface area (TPSA) is 132 Å². The summed E-state index contributed by atoms with van der Waals surface area (Å²) in [6.07, 6.45) is 4.40. The quantitative estimate of drug-likeness (QED) is 0.287. The zero-order valence-corrected chi connectivity index (χ0v) is 27.3. The Hall–Kier alpha value is -4.25. The van der Waals surface area contributed by atoms with E-state index in [1.165, 1.54) is 30.5 Å². The number of carbonyl (C=O) groups is 1. The number of methoxy groups -OCH3 is 1. The van der Waals surface area contributed by atoms with Crippen molar-refractivity contribution in [1.29, 1.82) is 5.26 Å². The van der Waals surface area contributed by atoms with Gasteiger partial charge in [0.1, 0.15) is 12.0 Å². The maximum atomic E-state index is 15.4. The van der Waals surface area contributed by atoms with Gasteiger partial charge in [-0.3, -0.25) is 14.6 Å². The van der Waals surface area contributed by atoms with Crippen molar-refractivity contribution in [2.24, 2.45) is 0 Å². The van der Waals surface area contributed by atoms with Crippen molar-refractivity contribution < 1.29 is 22.4 Å². The number of likely N-dealkylation sites (tertiary alicyclic amines) is 1. The third-order valence-electron chi connectivity index (χ3n) is 9.27. The smallest absolute Gasteiger partial charge is 0.271 e. The number of amides is 1. The number of fused-ring (bicyclic) bond motifs is 1. The summed E-state index contributed by atoms with van der Waals surface area (Å²) in [4.78, 5) is 24.1. The molecule has 0 aliphatic carbocycles. The van der Waals surface area contributed by atoms with Crippen molar-refractivity contribution >= 4 is 33.2 Å². The number of carbonyl (C=O) groups excluding carboxylic acids is 1. The minimum absolute atomic E-state index is 0.120. The second kappa shape index (κ2) is 12.4. The number of oxazole rings is 1. The van der Waals surface area contributed by atoms with Crippen molar-refractivity contribution in [3.63, 3.8) is 0 Å². The highest BCUT2D eigenvalue weighted by Gasteiger charge is 2.62. The molecule has 1 aromatic heterocycles. The van der Waals surface area contributed by atoms with E-state index in [9.17, 15) is 13.7 Å². The summed E-state index contributed by atoms with van der Waals surface area (Å²) in [5, 5.41) is 13.0. The van der Waals surface area contributed by atoms with Crippen LogP contribution in [0.5, 0.6) is 5.75 Å². The highest BCUT2D eigenvalue weighted by atomic mass is 35.5. The summed E-state index contributed by atoms with van der Waals surface area (Å²) in [6.45, 7) is 4.78. The van der Waals surface area contributed by atoms with Crippen LogP contribution in [0.25, 0.3) is 0 Å². The minimum atomic E-state index is -4.45. The number of halogens is 1. The number of anilines is 1. The number of hydrogen-bond acceptors (Lipinski definition) is 10. The molecule has 1 amide bonds. The molecule has 13 heteroatoms. The number of nitrogens with one attached hydrogen (secondary N) is 1. The van der Waals surface area contributed by atoms with Crippen LogP contribution >= 0.6 is 11.6 Å². The molecule has 47 heavy (non-hydrogen) atoms. The lowest BCUT2D eigenvalue weighted by Crippen LogP contribution is -2.54. The highest BCUT2D eigenvalue weighted by molar-refractivity contribution is 7.93. The molecular formula is C34H33ClN6O5S. The van der Waals surface area contributed by atoms with Gasteiger partial charge < -0.3 is 14.5 Å². The second-order valence-electron chi connectivity index (χ2n) is 11.9. The van der Waals surface area contributed by atoms with E-state index in [1.54, 1.807) is 31.5 Å². The zero-order valence-electron chi connectivity index (χ0n) is 25.7. The largest absolute Gasteiger partial charge is 0.496 e. The molecule has 3 aromatic carbocycles. The molecule has 7 rings (SSSR count). The van der Waals surface area contributed by atoms with Crippen LogP contribution in [0.15, 0.2) is 82.4 Å². The molecule has 3 aliphatic heterocycles. The number of aromatic nitrogens is 1. The average molecular weight is 673 g/mol. The van der Waals surface area contributed by atoms with Gasteiger partial charge in [-0.05, 0) is 66.9 Å². The van der Waals surface area contributed by atoms with Crippen LogP contribution < -0.4 is 14.4 Å². The molecule has 0 radical (unpaired) electrons. The Labute approximate surface area is 278 Å². The second-order valence-corrected chi connectivity index (χ2v) is 14.1. The van der Waals surface area contributed by atoms with Gasteiger partial charge in [0.2, 0.25) is 5.89 Å². The number of ether oxygens (including phenoxy) is 1. The Kier molecular flexibility index (Phi) is 8.28. The Balaban J connectivity index is 1.45. The molecular weight excluding hydrogens is 640 g/mol. The number of nitriles is 1. The van der Waals surface area contributed by atoms with Crippen LogP contribution in [0.1, 0.15) is 47.0 Å². The first-order chi connectivity index (χ1) is 22.8. The number of benzene rings is 3. The molecule has 11 nitrogen and oxygen atoms in total. The Morgan fingerprint density at radius 1 is 1.09 bits per heavy atom. The summed E-state index contributed by atoms with van der Waals surface area (Å²) in [7, 11) is -2.90. The predicted octanol–water partition coefficient (Wildman–Crippen LogP) is 4.43. The average Bonchev–Trinajstić information content (AvgIpc) is 3.84. The maximum Gasteiger partial charge on any atom is 0.271 e. The van der Waals surface area contributed by atoms with E-state index in [0.717, 1.165) is 36.0 Å². The number of piperazine rings is 1. The summed E-state index contributed by atoms with van der Waals surface area (Å²) < 4.78 is 41.6. The van der Waals surface area contributed by atoms with Gasteiger partial charge in [-0.1, -0.05) is 23.7 Å². The lowest BCUT2D eigenvalue weighted by atomic mass is 9.80. The van der Waals surface area contributed by atoms with E-state index in [0.29, 0.717) is 59.3 Å². The van der Waals surface area contributed by atoms with Crippen molar-refractivity contribution in [2.75, 3.05) is 44.1 Å². The SMILES string of the molecule is COc1cc(CN2CCNCC2)ccc1C1(N2CCC[C@H]2c2ncco2)C(=O)N(S(=O)(=O)c2ccc(C#N)cc2)c2ccc(Cl)cc21. The molecule has 0 bridgehead atoms. The summed E-state index contributed by atoms with van der Waals surface area (Å²) in [6, 6.07) is 17.7. The van der Waals surface area contributed by atoms with E-state index in [-0.39, 0.29) is 10.6 Å². The fourth-order valence-corrected chi connectivity index (χ4v) is 8.80. The van der Waals surface area contributed by atoms with Gasteiger partial charge >= 0.3 is 0 Å². The minimum Gasteiger partial charge on any atom is -0.496 e. The van der Waals surface area contributed by atoms with Gasteiger partial charge in [0.05, 0.1) is 41.6 Å². The van der Waals surface area contributed by atoms with E-state index >= 15 is 4.79 Å². The number of nitrogens with zero attached hydrogens (tertiary/aromatic N) is 5. The summed E-state index contributed by atoms with van der Waals surface area (Å²) in [5.41, 5.74) is 0.733. The molecule has 3 aliphatic rings. The predicted molar refractivity (Wildman–Crippen MR) is 174 cm³/mol. The standard InChI is InChI=1S/C34H33ClN6O5S/c1-45-31-19-24(22-39-16-12-37-13-17-39)6-10-27(31)34(40-15-2-3-30(40)32-38-14-18-46-32)28-20-25(35)7-11-29(28)41(33(34)42)47(43,44)26-8-4-23(21-36)5-9-26/h4-11,14,18-20,30,37H,2-3,12-13,15-17,22H2,1H3/t30-,34?/m0/s1. The van der Waals surface area contributed by atoms with E-state index in [1.807, 2.05) is 29.2 Å². The molecule has 242 valence electrons. The van der Waals surface area contributed by atoms with Crippen molar-refractivity contribution in [3.05, 3.63) is 106 Å². The fraction of sp³-hybridized carbons (Fsp3) is 0.324. The lowest BCUT2D eigenvalue weighted by Gasteiger charge is -2.41. The van der Waals surface area contributed by atoms with Gasteiger partial charge in [0, 0.05) is 55.4 Å². The van der Waals surface area contributed by atoms with E-state index < -0.39 is 27.5 Å². The first-order valence-electron chi connectivity index (χ1n) is 15.5. The molecule has 2 fully saturated rings. The van der Waals surface area contributed by atoms with Gasteiger partial charge in [-0.2, -0.15) is 5.26 Å². The van der Waals surface area contributed by atoms with Crippen molar-refractivity contribution in [1.82, 2.24) is 20.1 Å². The first-order valence-corrected chi connectivity index (χ1v) is 17.3. The molecule has 0 spiro atoms. The molecule has 2 saturated heterocycles. The number of rotatable bonds is 8. The molecule has 1 N–H and O–H groups in total. The van der Waals surface area contributed by atoms with Crippen LogP contribution in [0, 0.1) is 11.3 Å². The number of hydrogen-bond donors (Lipinski definition) is 1. The van der Waals surface area contributed by atoms with Gasteiger partial charge in [0.25, 0.3) is 15.9 Å². The van der Waals surface area contributed by atoms with Crippen LogP contribution in [0.2, 0.25) is 5.02 Å². The van der Waals surface area contributed by atoms with Crippen LogP contribution in [0.4, 0.5) is 5.69 Å². The van der Waals surface area contributed by atoms with E-state index in [4.69, 9.17) is 20.8 Å². The zero-order chi connectivity index (χ0) is 32.8. The molecule has 4 heterocycles. The van der Waals surface area contributed by atoms with Gasteiger partial charge in [-0.25, -0.2) is 17.7 Å². The first kappa shape index (κ1) is 31.4. The summed E-state index contributed by atoms with van der Waals surface area (Å²) >= 11 is 6.65. The Morgan fingerprint density at radius 3 is 2.57 bits per heavy atom.